The standard InChI is InChI=1S/C29H32ClFN2O8S/c1-2-40-27(34)22-11-6-7-13-26(22)42(38,39)32(24-15-14-21(31)17-23(24)30)19-33(29(36)37)16-8-12-25(33)28(35)41-18-20-9-4-3-5-10-20/h3-5,9-11,14-15,17,25-26H,2,6-8,12-13,16,18-19H2,1H3/t25-,26?,33?/m1/s1. The molecule has 1 heterocycles. The van der Waals surface area contributed by atoms with Crippen molar-refractivity contribution in [3.05, 3.63) is 76.6 Å². The minimum absolute atomic E-state index is 0.0217. The van der Waals surface area contributed by atoms with Crippen LogP contribution in [0.4, 0.5) is 14.9 Å². The topological polar surface area (TPSA) is 130 Å². The van der Waals surface area contributed by atoms with Crippen LogP contribution in [0.15, 0.2) is 60.2 Å². The lowest BCUT2D eigenvalue weighted by Crippen LogP contribution is -2.68. The van der Waals surface area contributed by atoms with Crippen molar-refractivity contribution in [1.82, 2.24) is 0 Å². The van der Waals surface area contributed by atoms with Gasteiger partial charge in [0.15, 0.2) is 12.7 Å². The molecule has 226 valence electrons. The normalized spacial score (nSPS) is 22.2. The van der Waals surface area contributed by atoms with E-state index in [-0.39, 0.29) is 55.3 Å². The number of benzene rings is 2. The number of hydrogen-bond donors (Lipinski definition) is 0. The van der Waals surface area contributed by atoms with Crippen LogP contribution in [0.2, 0.25) is 5.02 Å². The van der Waals surface area contributed by atoms with Gasteiger partial charge in [-0.1, -0.05) is 48.0 Å². The van der Waals surface area contributed by atoms with Gasteiger partial charge >= 0.3 is 11.9 Å². The van der Waals surface area contributed by atoms with Gasteiger partial charge in [0.1, 0.15) is 17.7 Å². The molecule has 0 spiro atoms. The average Bonchev–Trinajstić information content (AvgIpc) is 3.41. The predicted molar refractivity (Wildman–Crippen MR) is 150 cm³/mol. The number of quaternary nitrogens is 1. The molecular formula is C29H32ClFN2O8S. The molecular weight excluding hydrogens is 591 g/mol. The van der Waals surface area contributed by atoms with Crippen molar-refractivity contribution in [1.29, 1.82) is 0 Å². The monoisotopic (exact) mass is 622 g/mol. The third-order valence-corrected chi connectivity index (χ3v) is 10.0. The van der Waals surface area contributed by atoms with E-state index < -0.39 is 56.3 Å². The quantitative estimate of drug-likeness (QED) is 0.290. The Kier molecular flexibility index (Phi) is 9.90. The second-order valence-corrected chi connectivity index (χ2v) is 12.7. The van der Waals surface area contributed by atoms with Crippen LogP contribution in [-0.2, 0) is 35.7 Å². The first-order valence-corrected chi connectivity index (χ1v) is 15.5. The number of amides is 1. The Labute approximate surface area is 248 Å². The van der Waals surface area contributed by atoms with Crippen LogP contribution in [0.25, 0.3) is 0 Å². The molecule has 1 saturated heterocycles. The Balaban J connectivity index is 1.76. The summed E-state index contributed by atoms with van der Waals surface area (Å²) >= 11 is 6.33. The summed E-state index contributed by atoms with van der Waals surface area (Å²) in [5.74, 6) is -2.37. The fourth-order valence-electron chi connectivity index (χ4n) is 5.51. The zero-order valence-corrected chi connectivity index (χ0v) is 24.6. The Morgan fingerprint density at radius 3 is 2.50 bits per heavy atom. The van der Waals surface area contributed by atoms with E-state index in [4.69, 9.17) is 21.1 Å². The molecule has 1 aliphatic heterocycles. The van der Waals surface area contributed by atoms with Gasteiger partial charge in [-0.3, -0.25) is 0 Å². The molecule has 1 fully saturated rings. The molecule has 0 N–H and O–H groups in total. The molecule has 2 aliphatic rings. The van der Waals surface area contributed by atoms with Gasteiger partial charge in [-0.15, -0.1) is 0 Å². The van der Waals surface area contributed by atoms with Crippen molar-refractivity contribution in [3.63, 3.8) is 0 Å². The van der Waals surface area contributed by atoms with E-state index in [1.165, 1.54) is 6.08 Å². The summed E-state index contributed by atoms with van der Waals surface area (Å²) < 4.78 is 53.0. The molecule has 4 rings (SSSR count). The van der Waals surface area contributed by atoms with Crippen LogP contribution in [0.5, 0.6) is 0 Å². The summed E-state index contributed by atoms with van der Waals surface area (Å²) in [5.41, 5.74) is 0.411. The summed E-state index contributed by atoms with van der Waals surface area (Å²) in [6, 6.07) is 10.5. The third-order valence-electron chi connectivity index (χ3n) is 7.61. The van der Waals surface area contributed by atoms with Crippen molar-refractivity contribution < 1.29 is 46.3 Å². The van der Waals surface area contributed by atoms with E-state index in [0.717, 1.165) is 22.5 Å². The van der Waals surface area contributed by atoms with E-state index in [0.29, 0.717) is 18.4 Å². The number of ether oxygens (including phenoxy) is 2. The molecule has 0 aromatic heterocycles. The molecule has 1 aliphatic carbocycles. The van der Waals surface area contributed by atoms with Gasteiger partial charge in [0.25, 0.3) is 6.09 Å². The highest BCUT2D eigenvalue weighted by atomic mass is 35.5. The van der Waals surface area contributed by atoms with Gasteiger partial charge in [0.2, 0.25) is 10.0 Å². The molecule has 2 unspecified atom stereocenters. The molecule has 2 aromatic carbocycles. The molecule has 2 aromatic rings. The summed E-state index contributed by atoms with van der Waals surface area (Å²) in [6.45, 7) is 0.573. The summed E-state index contributed by atoms with van der Waals surface area (Å²) in [7, 11) is -4.59. The van der Waals surface area contributed by atoms with Crippen LogP contribution in [-0.4, -0.2) is 62.0 Å². The van der Waals surface area contributed by atoms with Gasteiger partial charge in [-0.05, 0) is 49.9 Å². The van der Waals surface area contributed by atoms with E-state index in [9.17, 15) is 32.3 Å². The fourth-order valence-corrected chi connectivity index (χ4v) is 7.91. The van der Waals surface area contributed by atoms with Crippen molar-refractivity contribution in [3.8, 4) is 0 Å². The molecule has 42 heavy (non-hydrogen) atoms. The van der Waals surface area contributed by atoms with E-state index in [1.54, 1.807) is 37.3 Å². The zero-order chi connectivity index (χ0) is 30.5. The summed E-state index contributed by atoms with van der Waals surface area (Å²) in [6.07, 6.45) is 1.12. The maximum absolute atomic E-state index is 14.4. The van der Waals surface area contributed by atoms with Crippen molar-refractivity contribution in [2.45, 2.75) is 56.9 Å². The van der Waals surface area contributed by atoms with Crippen LogP contribution < -0.4 is 9.41 Å². The Hall–Kier alpha value is -3.48. The lowest BCUT2D eigenvalue weighted by atomic mass is 9.99. The van der Waals surface area contributed by atoms with E-state index in [2.05, 4.69) is 0 Å². The third kappa shape index (κ3) is 6.45. The van der Waals surface area contributed by atoms with Gasteiger partial charge in [-0.2, -0.15) is 0 Å². The second kappa shape index (κ2) is 13.2. The SMILES string of the molecule is CCOC(=O)C1=CCCCC1S(=O)(=O)N(C[N+]1(C(=O)[O-])CCC[C@@H]1C(=O)OCc1ccccc1)c1ccc(F)cc1Cl. The Morgan fingerprint density at radius 1 is 1.10 bits per heavy atom. The predicted octanol–water partition coefficient (Wildman–Crippen LogP) is 3.68. The molecule has 13 heteroatoms. The van der Waals surface area contributed by atoms with Crippen molar-refractivity contribution >= 4 is 45.3 Å². The minimum atomic E-state index is -4.59. The summed E-state index contributed by atoms with van der Waals surface area (Å²) in [4.78, 5) is 38.9. The highest BCUT2D eigenvalue weighted by Crippen LogP contribution is 2.38. The number of halogens is 2. The number of anilines is 1. The fraction of sp³-hybridized carbons (Fsp3) is 0.414. The second-order valence-electron chi connectivity index (χ2n) is 10.2. The Bertz CT molecular complexity index is 1470. The highest BCUT2D eigenvalue weighted by molar-refractivity contribution is 7.93. The number of sulfonamides is 1. The smallest absolute Gasteiger partial charge is 0.365 e. The number of hydrogen-bond acceptors (Lipinski definition) is 8. The van der Waals surface area contributed by atoms with Gasteiger partial charge < -0.3 is 19.4 Å². The van der Waals surface area contributed by atoms with Crippen molar-refractivity contribution in [2.75, 3.05) is 24.1 Å². The minimum Gasteiger partial charge on any atom is -0.498 e. The Morgan fingerprint density at radius 2 is 1.83 bits per heavy atom. The molecule has 1 amide bonds. The zero-order valence-electron chi connectivity index (χ0n) is 23.0. The average molecular weight is 623 g/mol. The first kappa shape index (κ1) is 31.5. The maximum atomic E-state index is 14.4. The molecule has 10 nitrogen and oxygen atoms in total. The number of esters is 2. The first-order valence-electron chi connectivity index (χ1n) is 13.6. The number of likely N-dealkylation sites (tertiary alicyclic amines) is 1. The van der Waals surface area contributed by atoms with Crippen LogP contribution >= 0.6 is 11.6 Å². The molecule has 0 bridgehead atoms. The van der Waals surface area contributed by atoms with Gasteiger partial charge in [0.05, 0.1) is 29.4 Å². The number of carbonyl (C=O) groups is 3. The number of nitrogens with zero attached hydrogens (tertiary/aromatic N) is 2. The highest BCUT2D eigenvalue weighted by Gasteiger charge is 2.53. The number of rotatable bonds is 10. The largest absolute Gasteiger partial charge is 0.498 e. The number of carboxylic acid groups (broad SMARTS) is 1. The molecule has 0 radical (unpaired) electrons. The lowest BCUT2D eigenvalue weighted by Gasteiger charge is -2.42. The van der Waals surface area contributed by atoms with Crippen LogP contribution in [0.1, 0.15) is 44.6 Å². The van der Waals surface area contributed by atoms with Crippen LogP contribution in [0, 0.1) is 5.82 Å². The molecule has 0 saturated carbocycles. The molecule has 3 atom stereocenters. The maximum Gasteiger partial charge on any atom is 0.365 e. The summed E-state index contributed by atoms with van der Waals surface area (Å²) in [5, 5.41) is 11.1. The van der Waals surface area contributed by atoms with Gasteiger partial charge in [0, 0.05) is 12.8 Å². The van der Waals surface area contributed by atoms with Crippen molar-refractivity contribution in [2.24, 2.45) is 0 Å². The van der Waals surface area contributed by atoms with E-state index in [1.807, 2.05) is 0 Å². The van der Waals surface area contributed by atoms with Gasteiger partial charge in [-0.25, -0.2) is 31.2 Å². The number of allylic oxidation sites excluding steroid dienone is 1. The first-order chi connectivity index (χ1) is 20.0. The number of carbonyl (C=O) groups excluding carboxylic acids is 3. The lowest BCUT2D eigenvalue weighted by molar-refractivity contribution is -0.878. The van der Waals surface area contributed by atoms with Crippen LogP contribution in [0.3, 0.4) is 0 Å². The van der Waals surface area contributed by atoms with E-state index >= 15 is 0 Å².